The van der Waals surface area contributed by atoms with Crippen LogP contribution in [-0.2, 0) is 16.1 Å². The molecular weight excluding hydrogens is 479 g/mol. The number of aromatic nitrogens is 2. The van der Waals surface area contributed by atoms with Crippen molar-refractivity contribution in [1.82, 2.24) is 9.78 Å². The van der Waals surface area contributed by atoms with Crippen LogP contribution in [-0.4, -0.2) is 46.9 Å². The Balaban J connectivity index is 1.64. The Morgan fingerprint density at radius 2 is 1.83 bits per heavy atom. The van der Waals surface area contributed by atoms with Gasteiger partial charge in [-0.05, 0) is 49.3 Å². The number of benzene rings is 2. The van der Waals surface area contributed by atoms with E-state index in [4.69, 9.17) is 19.7 Å². The van der Waals surface area contributed by atoms with E-state index < -0.39 is 5.97 Å². The first-order chi connectivity index (χ1) is 17.5. The number of methoxy groups -OCH3 is 1. The number of hydrogen-bond acceptors (Lipinski definition) is 5. The van der Waals surface area contributed by atoms with Gasteiger partial charge in [-0.2, -0.15) is 5.10 Å². The summed E-state index contributed by atoms with van der Waals surface area (Å²) < 4.78 is 28.2. The fourth-order valence-corrected chi connectivity index (χ4v) is 5.78. The van der Waals surface area contributed by atoms with Gasteiger partial charge in [0.15, 0.2) is 11.6 Å². The van der Waals surface area contributed by atoms with Crippen LogP contribution in [0.25, 0.3) is 22.4 Å². The minimum Gasteiger partial charge on any atom is -0.494 e. The maximum absolute atomic E-state index is 15.5. The highest BCUT2D eigenvalue weighted by molar-refractivity contribution is 7.99. The molecular formula is C28H33FN2O4S. The second kappa shape index (κ2) is 12.4. The van der Waals surface area contributed by atoms with Crippen LogP contribution in [0.5, 0.6) is 5.75 Å². The van der Waals surface area contributed by atoms with Crippen molar-refractivity contribution in [1.29, 1.82) is 0 Å². The van der Waals surface area contributed by atoms with Gasteiger partial charge in [-0.1, -0.05) is 49.4 Å². The van der Waals surface area contributed by atoms with Crippen molar-refractivity contribution in [3.05, 3.63) is 54.3 Å². The van der Waals surface area contributed by atoms with E-state index in [1.165, 1.54) is 7.11 Å². The molecule has 0 saturated heterocycles. The van der Waals surface area contributed by atoms with Crippen molar-refractivity contribution in [2.75, 3.05) is 26.1 Å². The monoisotopic (exact) mass is 512 g/mol. The molecule has 0 amide bonds. The van der Waals surface area contributed by atoms with Crippen molar-refractivity contribution >= 4 is 17.7 Å². The van der Waals surface area contributed by atoms with Crippen molar-refractivity contribution < 1.29 is 23.8 Å². The van der Waals surface area contributed by atoms with Crippen molar-refractivity contribution in [2.24, 2.45) is 11.8 Å². The second-order valence-corrected chi connectivity index (χ2v) is 10.4. The predicted molar refractivity (Wildman–Crippen MR) is 140 cm³/mol. The van der Waals surface area contributed by atoms with Crippen LogP contribution in [0.3, 0.4) is 0 Å². The average molecular weight is 513 g/mol. The molecule has 0 radical (unpaired) electrons. The molecule has 1 saturated carbocycles. The first kappa shape index (κ1) is 26.2. The largest absolute Gasteiger partial charge is 0.494 e. The second-order valence-electron chi connectivity index (χ2n) is 9.13. The van der Waals surface area contributed by atoms with Crippen LogP contribution in [0.4, 0.5) is 4.39 Å². The molecule has 0 bridgehead atoms. The predicted octanol–water partition coefficient (Wildman–Crippen LogP) is 6.38. The molecule has 6 nitrogen and oxygen atoms in total. The molecule has 1 aliphatic rings. The minimum absolute atomic E-state index is 0.218. The van der Waals surface area contributed by atoms with Crippen LogP contribution in [0.1, 0.15) is 32.6 Å². The Morgan fingerprint density at radius 1 is 1.11 bits per heavy atom. The van der Waals surface area contributed by atoms with Crippen LogP contribution in [0.15, 0.2) is 53.6 Å². The maximum Gasteiger partial charge on any atom is 0.329 e. The first-order valence-corrected chi connectivity index (χ1v) is 13.4. The number of carbonyl (C=O) groups is 1. The van der Waals surface area contributed by atoms with E-state index in [1.54, 1.807) is 23.9 Å². The molecule has 1 N–H and O–H groups in total. The molecule has 192 valence electrons. The van der Waals surface area contributed by atoms with Crippen LogP contribution >= 0.6 is 11.8 Å². The number of ether oxygens (including phenoxy) is 2. The number of hydrogen-bond donors (Lipinski definition) is 1. The lowest BCUT2D eigenvalue weighted by molar-refractivity contribution is -0.142. The molecule has 1 aromatic heterocycles. The summed E-state index contributed by atoms with van der Waals surface area (Å²) in [5, 5.41) is 14.8. The van der Waals surface area contributed by atoms with Gasteiger partial charge in [0.25, 0.3) is 0 Å². The zero-order valence-corrected chi connectivity index (χ0v) is 21.6. The Kier molecular flexibility index (Phi) is 9.04. The third-order valence-corrected chi connectivity index (χ3v) is 7.64. The topological polar surface area (TPSA) is 73.6 Å². The first-order valence-electron chi connectivity index (χ1n) is 12.4. The molecule has 0 spiro atoms. The molecule has 36 heavy (non-hydrogen) atoms. The van der Waals surface area contributed by atoms with Crippen molar-refractivity contribution in [2.45, 2.75) is 44.2 Å². The quantitative estimate of drug-likeness (QED) is 0.300. The van der Waals surface area contributed by atoms with E-state index in [2.05, 4.69) is 11.6 Å². The van der Waals surface area contributed by atoms with Crippen LogP contribution in [0, 0.1) is 17.7 Å². The van der Waals surface area contributed by atoms with E-state index in [0.717, 1.165) is 59.8 Å². The van der Waals surface area contributed by atoms with Crippen molar-refractivity contribution in [3.8, 4) is 28.1 Å². The number of halogens is 1. The van der Waals surface area contributed by atoms with Gasteiger partial charge >= 0.3 is 5.97 Å². The smallest absolute Gasteiger partial charge is 0.329 e. The number of carboxylic acid groups (broad SMARTS) is 1. The number of thioether (sulfide) groups is 1. The third kappa shape index (κ3) is 6.10. The lowest BCUT2D eigenvalue weighted by Gasteiger charge is -2.28. The summed E-state index contributed by atoms with van der Waals surface area (Å²) in [5.41, 5.74) is 3.02. The molecule has 1 fully saturated rings. The van der Waals surface area contributed by atoms with E-state index >= 15 is 4.39 Å². The highest BCUT2D eigenvalue weighted by Crippen LogP contribution is 2.43. The third-order valence-electron chi connectivity index (χ3n) is 6.66. The zero-order chi connectivity index (χ0) is 25.5. The molecule has 1 heterocycles. The lowest BCUT2D eigenvalue weighted by atomic mass is 9.82. The maximum atomic E-state index is 15.5. The summed E-state index contributed by atoms with van der Waals surface area (Å²) in [4.78, 5) is 10.7. The summed E-state index contributed by atoms with van der Waals surface area (Å²) in [6, 6.07) is 15.2. The number of aliphatic carboxylic acids is 1. The molecule has 1 aliphatic carbocycles. The van der Waals surface area contributed by atoms with Gasteiger partial charge in [0.2, 0.25) is 0 Å². The number of nitrogens with zero attached hydrogens (tertiary/aromatic N) is 2. The Bertz CT molecular complexity index is 1160. The van der Waals surface area contributed by atoms with Gasteiger partial charge in [-0.15, -0.1) is 11.8 Å². The summed E-state index contributed by atoms with van der Waals surface area (Å²) in [7, 11) is 1.48. The number of rotatable bonds is 11. The average Bonchev–Trinajstić information content (AvgIpc) is 3.23. The minimum atomic E-state index is -0.930. The molecule has 8 heteroatoms. The molecule has 0 atom stereocenters. The highest BCUT2D eigenvalue weighted by atomic mass is 32.2. The Morgan fingerprint density at radius 3 is 2.50 bits per heavy atom. The summed E-state index contributed by atoms with van der Waals surface area (Å²) in [5.74, 6) is 0.589. The highest BCUT2D eigenvalue weighted by Gasteiger charge is 2.27. The normalized spacial score (nSPS) is 17.8. The molecule has 2 aromatic carbocycles. The summed E-state index contributed by atoms with van der Waals surface area (Å²) in [6.45, 7) is 3.11. The van der Waals surface area contributed by atoms with Gasteiger partial charge in [0.05, 0.1) is 13.7 Å². The van der Waals surface area contributed by atoms with Crippen molar-refractivity contribution in [3.63, 3.8) is 0 Å². The molecule has 4 rings (SSSR count). The van der Waals surface area contributed by atoms with E-state index in [9.17, 15) is 4.79 Å². The number of carboxylic acids is 1. The lowest BCUT2D eigenvalue weighted by Crippen LogP contribution is -2.23. The summed E-state index contributed by atoms with van der Waals surface area (Å²) >= 11 is 1.68. The molecule has 3 aromatic rings. The van der Waals surface area contributed by atoms with Crippen LogP contribution < -0.4 is 4.74 Å². The van der Waals surface area contributed by atoms with Gasteiger partial charge < -0.3 is 14.6 Å². The van der Waals surface area contributed by atoms with Crippen LogP contribution in [0.2, 0.25) is 0 Å². The summed E-state index contributed by atoms with van der Waals surface area (Å²) in [6.07, 6.45) is 4.07. The zero-order valence-electron chi connectivity index (χ0n) is 20.8. The standard InChI is InChI=1S/C28H33FN2O4S/c1-3-36-28-25(22-10-7-11-23(34-2)26(22)29)27(21-8-5-4-6-9-21)30-31(28)16-19-12-14-20(15-13-19)17-35-18-24(32)33/h4-11,19-20H,3,12-18H2,1-2H3,(H,32,33). The van der Waals surface area contributed by atoms with Gasteiger partial charge in [-0.25, -0.2) is 9.18 Å². The van der Waals surface area contributed by atoms with Gasteiger partial charge in [0, 0.05) is 23.2 Å². The Labute approximate surface area is 215 Å². The van der Waals surface area contributed by atoms with Gasteiger partial charge in [0.1, 0.15) is 17.3 Å². The fourth-order valence-electron chi connectivity index (χ4n) is 4.89. The fraction of sp³-hybridized carbons (Fsp3) is 0.429. The molecule has 0 aliphatic heterocycles. The SMILES string of the molecule is CCSc1c(-c2cccc(OC)c2F)c(-c2ccccc2)nn1CC1CCC(COCC(=O)O)CC1. The van der Waals surface area contributed by atoms with Gasteiger partial charge in [-0.3, -0.25) is 4.68 Å². The van der Waals surface area contributed by atoms with E-state index in [0.29, 0.717) is 24.0 Å². The molecule has 0 unspecified atom stereocenters. The van der Waals surface area contributed by atoms with E-state index in [1.807, 2.05) is 36.4 Å². The Hall–Kier alpha value is -2.84. The van der Waals surface area contributed by atoms with E-state index in [-0.39, 0.29) is 18.2 Å².